The van der Waals surface area contributed by atoms with Gasteiger partial charge in [-0.05, 0) is 67.5 Å². The zero-order chi connectivity index (χ0) is 22.9. The summed E-state index contributed by atoms with van der Waals surface area (Å²) in [6.45, 7) is 13.9. The van der Waals surface area contributed by atoms with Gasteiger partial charge in [-0.3, -0.25) is 0 Å². The maximum absolute atomic E-state index is 5.43. The van der Waals surface area contributed by atoms with E-state index in [1.165, 1.54) is 66.5 Å². The molecule has 0 saturated carbocycles. The maximum atomic E-state index is 5.43. The van der Waals surface area contributed by atoms with Gasteiger partial charge in [0.25, 0.3) is 0 Å². The molecule has 0 bridgehead atoms. The first-order valence-electron chi connectivity index (χ1n) is 12.0. The van der Waals surface area contributed by atoms with Gasteiger partial charge in [-0.25, -0.2) is 4.98 Å². The zero-order valence-corrected chi connectivity index (χ0v) is 20.3. The van der Waals surface area contributed by atoms with Crippen LogP contribution in [0.15, 0.2) is 71.5 Å². The van der Waals surface area contributed by atoms with Crippen LogP contribution in [-0.4, -0.2) is 4.98 Å². The van der Waals surface area contributed by atoms with Crippen LogP contribution in [0.1, 0.15) is 63.4 Å². The van der Waals surface area contributed by atoms with Crippen molar-refractivity contribution in [3.63, 3.8) is 0 Å². The first-order valence-corrected chi connectivity index (χ1v) is 12.0. The molecule has 0 radical (unpaired) electrons. The van der Waals surface area contributed by atoms with Crippen LogP contribution in [0.4, 0.5) is 0 Å². The number of aryl methyl sites for hydroxylation is 1. The normalized spacial score (nSPS) is 21.9. The molecular formula is C31H29N2+. The first kappa shape index (κ1) is 19.2. The Hall–Kier alpha value is -3.26. The van der Waals surface area contributed by atoms with E-state index in [0.717, 1.165) is 11.9 Å². The molecule has 33 heavy (non-hydrogen) atoms. The summed E-state index contributed by atoms with van der Waals surface area (Å²) < 4.78 is 2.56. The number of hydrogen-bond acceptors (Lipinski definition) is 1. The topological polar surface area (TPSA) is 16.8 Å². The minimum Gasteiger partial charge on any atom is -0.244 e. The monoisotopic (exact) mass is 429 g/mol. The Kier molecular flexibility index (Phi) is 3.38. The third-order valence-electron chi connectivity index (χ3n) is 8.68. The molecule has 0 saturated heterocycles. The molecule has 1 unspecified atom stereocenters. The van der Waals surface area contributed by atoms with Crippen LogP contribution in [0.2, 0.25) is 0 Å². The molecule has 3 heterocycles. The lowest BCUT2D eigenvalue weighted by molar-refractivity contribution is -0.726. The largest absolute Gasteiger partial charge is 0.244 e. The summed E-state index contributed by atoms with van der Waals surface area (Å²) in [5.74, 6) is 0. The predicted molar refractivity (Wildman–Crippen MR) is 136 cm³/mol. The lowest BCUT2D eigenvalue weighted by atomic mass is 9.67. The van der Waals surface area contributed by atoms with Crippen LogP contribution in [0, 0.1) is 6.92 Å². The summed E-state index contributed by atoms with van der Waals surface area (Å²) in [6.07, 6.45) is 5.79. The lowest BCUT2D eigenvalue weighted by Gasteiger charge is -2.33. The summed E-state index contributed by atoms with van der Waals surface area (Å²) in [5.41, 5.74) is 13.1. The average molecular weight is 430 g/mol. The van der Waals surface area contributed by atoms with Gasteiger partial charge in [-0.15, -0.1) is 0 Å². The van der Waals surface area contributed by atoms with E-state index in [2.05, 4.69) is 101 Å². The summed E-state index contributed by atoms with van der Waals surface area (Å²) in [4.78, 5) is 5.43. The quantitative estimate of drug-likeness (QED) is 0.274. The number of pyridine rings is 2. The number of para-hydroxylation sites is 1. The van der Waals surface area contributed by atoms with Crippen LogP contribution < -0.4 is 4.57 Å². The van der Waals surface area contributed by atoms with Gasteiger partial charge in [0.05, 0.1) is 16.5 Å². The molecule has 2 aromatic heterocycles. The van der Waals surface area contributed by atoms with Crippen molar-refractivity contribution in [2.45, 2.75) is 58.9 Å². The fraction of sp³-hybridized carbons (Fsp3) is 0.290. The molecule has 2 heteroatoms. The summed E-state index contributed by atoms with van der Waals surface area (Å²) in [7, 11) is 0. The Morgan fingerprint density at radius 2 is 1.76 bits per heavy atom. The highest BCUT2D eigenvalue weighted by Crippen LogP contribution is 2.56. The number of fused-ring (bicyclic) bond motifs is 4. The third-order valence-corrected chi connectivity index (χ3v) is 8.68. The molecule has 4 aromatic rings. The van der Waals surface area contributed by atoms with Crippen LogP contribution in [0.3, 0.4) is 0 Å². The molecule has 3 aliphatic rings. The Balaban J connectivity index is 1.77. The van der Waals surface area contributed by atoms with Gasteiger partial charge >= 0.3 is 0 Å². The Morgan fingerprint density at radius 3 is 2.55 bits per heavy atom. The minimum absolute atomic E-state index is 0.108. The molecule has 2 aliphatic carbocycles. The SMILES string of the molecule is CC1=CC2(CC(C)=C1C)c1nc3ccccc3c3c1-c1c4c(cc(C)cc4cc[n+]12)C3(C)C. The number of hydrogen-bond donors (Lipinski definition) is 0. The maximum Gasteiger partial charge on any atom is 0.233 e. The van der Waals surface area contributed by atoms with Gasteiger partial charge < -0.3 is 0 Å². The molecule has 1 spiro atoms. The van der Waals surface area contributed by atoms with E-state index in [0.29, 0.717) is 0 Å². The molecule has 162 valence electrons. The predicted octanol–water partition coefficient (Wildman–Crippen LogP) is 7.03. The van der Waals surface area contributed by atoms with Crippen LogP contribution in [-0.2, 0) is 11.0 Å². The van der Waals surface area contributed by atoms with Crippen molar-refractivity contribution in [1.82, 2.24) is 4.98 Å². The highest BCUT2D eigenvalue weighted by molar-refractivity contribution is 6.05. The van der Waals surface area contributed by atoms with Crippen LogP contribution in [0.25, 0.3) is 32.9 Å². The van der Waals surface area contributed by atoms with E-state index < -0.39 is 0 Å². The molecule has 2 nitrogen and oxygen atoms in total. The van der Waals surface area contributed by atoms with E-state index >= 15 is 0 Å². The number of allylic oxidation sites excluding steroid dienone is 4. The fourth-order valence-corrected chi connectivity index (χ4v) is 6.98. The standard InChI is InChI=1S/C31H29N2/c1-17-13-21-11-12-33-28-25(21)23(14-17)30(5,6)27-22-9-7-8-10-24(22)32-29(26(27)28)31(33)15-18(2)20(4)19(3)16-31/h7-15H,16H2,1-6H3/q+1. The molecule has 0 N–H and O–H groups in total. The van der Waals surface area contributed by atoms with Gasteiger partial charge in [-0.2, -0.15) is 4.57 Å². The molecule has 0 amide bonds. The smallest absolute Gasteiger partial charge is 0.233 e. The van der Waals surface area contributed by atoms with Gasteiger partial charge in [0.1, 0.15) is 5.69 Å². The van der Waals surface area contributed by atoms with Gasteiger partial charge in [-0.1, -0.05) is 55.3 Å². The van der Waals surface area contributed by atoms with Crippen molar-refractivity contribution in [2.24, 2.45) is 0 Å². The van der Waals surface area contributed by atoms with E-state index in [1.54, 1.807) is 0 Å². The average Bonchev–Trinajstić information content (AvgIpc) is 3.03. The van der Waals surface area contributed by atoms with Crippen LogP contribution in [0.5, 0.6) is 0 Å². The van der Waals surface area contributed by atoms with Crippen molar-refractivity contribution in [2.75, 3.05) is 0 Å². The Morgan fingerprint density at radius 1 is 0.970 bits per heavy atom. The second-order valence-electron chi connectivity index (χ2n) is 11.0. The van der Waals surface area contributed by atoms with Crippen molar-refractivity contribution in [1.29, 1.82) is 0 Å². The lowest BCUT2D eigenvalue weighted by Crippen LogP contribution is -2.55. The van der Waals surface area contributed by atoms with Crippen molar-refractivity contribution in [3.05, 3.63) is 93.8 Å². The molecule has 0 fully saturated rings. The second kappa shape index (κ2) is 5.80. The second-order valence-corrected chi connectivity index (χ2v) is 11.0. The van der Waals surface area contributed by atoms with Crippen molar-refractivity contribution < 1.29 is 4.57 Å². The number of nitrogens with zero attached hydrogens (tertiary/aromatic N) is 2. The molecule has 1 atom stereocenters. The number of aromatic nitrogens is 2. The molecule has 1 aliphatic heterocycles. The van der Waals surface area contributed by atoms with Gasteiger partial charge in [0.2, 0.25) is 11.2 Å². The van der Waals surface area contributed by atoms with Crippen molar-refractivity contribution in [3.8, 4) is 11.3 Å². The zero-order valence-electron chi connectivity index (χ0n) is 20.3. The molecular weight excluding hydrogens is 400 g/mol. The molecule has 2 aromatic carbocycles. The third kappa shape index (κ3) is 2.11. The molecule has 7 rings (SSSR count). The first-order chi connectivity index (χ1) is 15.7. The Labute approximate surface area is 195 Å². The minimum atomic E-state index is -0.270. The van der Waals surface area contributed by atoms with Gasteiger partial charge in [0.15, 0.2) is 6.20 Å². The number of benzene rings is 2. The number of rotatable bonds is 0. The summed E-state index contributed by atoms with van der Waals surface area (Å²) in [5, 5.41) is 4.03. The van der Waals surface area contributed by atoms with Crippen LogP contribution >= 0.6 is 0 Å². The summed E-state index contributed by atoms with van der Waals surface area (Å²) in [6, 6.07) is 15.8. The highest BCUT2D eigenvalue weighted by atomic mass is 15.1. The van der Waals surface area contributed by atoms with Crippen molar-refractivity contribution >= 4 is 21.7 Å². The van der Waals surface area contributed by atoms with Gasteiger partial charge in [0, 0.05) is 23.3 Å². The van der Waals surface area contributed by atoms with E-state index in [9.17, 15) is 0 Å². The Bertz CT molecular complexity index is 1650. The van der Waals surface area contributed by atoms with E-state index in [1.807, 2.05) is 0 Å². The summed E-state index contributed by atoms with van der Waals surface area (Å²) >= 11 is 0. The fourth-order valence-electron chi connectivity index (χ4n) is 6.98. The highest BCUT2D eigenvalue weighted by Gasteiger charge is 2.57. The van der Waals surface area contributed by atoms with E-state index in [4.69, 9.17) is 4.98 Å². The van der Waals surface area contributed by atoms with E-state index in [-0.39, 0.29) is 11.0 Å².